The van der Waals surface area contributed by atoms with E-state index in [1.54, 1.807) is 0 Å². The Bertz CT molecular complexity index is 672. The fraction of sp³-hybridized carbons (Fsp3) is 0.722. The van der Waals surface area contributed by atoms with E-state index in [0.29, 0.717) is 19.4 Å². The number of carbonyl (C=O) groups excluding carboxylic acids is 3. The normalized spacial score (nSPS) is 14.3. The smallest absolute Gasteiger partial charge is 0.326 e. The van der Waals surface area contributed by atoms with Gasteiger partial charge in [-0.3, -0.25) is 19.4 Å². The monoisotopic (exact) mass is 476 g/mol. The van der Waals surface area contributed by atoms with Crippen molar-refractivity contribution in [1.29, 1.82) is 0 Å². The summed E-state index contributed by atoms with van der Waals surface area (Å²) in [6.07, 6.45) is 1.45. The summed E-state index contributed by atoms with van der Waals surface area (Å²) in [6, 6.07) is -5.14. The molecule has 0 rings (SSSR count). The number of nitrogens with one attached hydrogen (secondary N) is 3. The second-order valence-corrected chi connectivity index (χ2v) is 7.23. The Hall–Kier alpha value is -3.01. The summed E-state index contributed by atoms with van der Waals surface area (Å²) < 4.78 is 0. The van der Waals surface area contributed by atoms with Gasteiger partial charge in [0.25, 0.3) is 0 Å². The first kappa shape index (κ1) is 30.0. The zero-order valence-corrected chi connectivity index (χ0v) is 18.4. The van der Waals surface area contributed by atoms with Crippen LogP contribution in [0.15, 0.2) is 4.99 Å². The molecule has 14 N–H and O–H groups in total. The Morgan fingerprint density at radius 2 is 1.33 bits per heavy atom. The van der Waals surface area contributed by atoms with Gasteiger partial charge in [0.05, 0.1) is 13.2 Å². The number of nitrogens with two attached hydrogens (primary N) is 4. The first-order chi connectivity index (χ1) is 15.6. The zero-order valence-electron chi connectivity index (χ0n) is 18.4. The number of aliphatic imine (C=N–C) groups is 1. The average Bonchev–Trinajstić information content (AvgIpc) is 2.77. The highest BCUT2D eigenvalue weighted by Gasteiger charge is 2.29. The van der Waals surface area contributed by atoms with Gasteiger partial charge in [-0.05, 0) is 38.6 Å². The van der Waals surface area contributed by atoms with E-state index in [0.717, 1.165) is 0 Å². The molecule has 3 amide bonds. The summed E-state index contributed by atoms with van der Waals surface area (Å²) in [7, 11) is 0. The van der Waals surface area contributed by atoms with Gasteiger partial charge in [0.15, 0.2) is 5.96 Å². The van der Waals surface area contributed by atoms with Crippen molar-refractivity contribution in [2.45, 2.75) is 56.3 Å². The number of aliphatic hydroxyl groups is 2. The second-order valence-electron chi connectivity index (χ2n) is 7.23. The molecule has 0 aromatic heterocycles. The van der Waals surface area contributed by atoms with Crippen LogP contribution in [0.1, 0.15) is 32.1 Å². The third kappa shape index (κ3) is 12.6. The minimum absolute atomic E-state index is 0.000762. The molecular weight excluding hydrogens is 440 g/mol. The lowest BCUT2D eigenvalue weighted by Crippen LogP contribution is -2.58. The fourth-order valence-electron chi connectivity index (χ4n) is 2.62. The van der Waals surface area contributed by atoms with E-state index in [2.05, 4.69) is 20.9 Å². The van der Waals surface area contributed by atoms with Crippen molar-refractivity contribution in [2.75, 3.05) is 26.3 Å². The molecular formula is C18H36N8O7. The van der Waals surface area contributed by atoms with Crippen molar-refractivity contribution in [3.8, 4) is 0 Å². The Balaban J connectivity index is 5.13. The summed E-state index contributed by atoms with van der Waals surface area (Å²) in [6.45, 7) is -0.940. The average molecular weight is 477 g/mol. The van der Waals surface area contributed by atoms with E-state index in [1.165, 1.54) is 0 Å². The highest BCUT2D eigenvalue weighted by atomic mass is 16.4. The van der Waals surface area contributed by atoms with Crippen molar-refractivity contribution < 1.29 is 34.5 Å². The molecule has 0 spiro atoms. The third-order valence-corrected chi connectivity index (χ3v) is 4.49. The second kappa shape index (κ2) is 16.6. The molecule has 15 nitrogen and oxygen atoms in total. The van der Waals surface area contributed by atoms with Gasteiger partial charge in [-0.2, -0.15) is 0 Å². The van der Waals surface area contributed by atoms with Crippen LogP contribution in [0.25, 0.3) is 0 Å². The fourth-order valence-corrected chi connectivity index (χ4v) is 2.62. The van der Waals surface area contributed by atoms with Crippen LogP contribution in [0.4, 0.5) is 0 Å². The predicted molar refractivity (Wildman–Crippen MR) is 118 cm³/mol. The minimum atomic E-state index is -1.47. The lowest BCUT2D eigenvalue weighted by molar-refractivity contribution is -0.142. The Morgan fingerprint density at radius 1 is 0.788 bits per heavy atom. The summed E-state index contributed by atoms with van der Waals surface area (Å²) >= 11 is 0. The Kier molecular flexibility index (Phi) is 15.1. The van der Waals surface area contributed by atoms with Crippen LogP contribution in [0.5, 0.6) is 0 Å². The van der Waals surface area contributed by atoms with E-state index in [9.17, 15) is 29.4 Å². The SMILES string of the molecule is NCCCCC(NC(=O)C(N)CO)C(=O)NC(CO)C(=O)NC(CCCN=C(N)N)C(=O)O. The van der Waals surface area contributed by atoms with Crippen LogP contribution < -0.4 is 38.9 Å². The van der Waals surface area contributed by atoms with Crippen LogP contribution in [0.3, 0.4) is 0 Å². The van der Waals surface area contributed by atoms with Crippen molar-refractivity contribution in [3.63, 3.8) is 0 Å². The predicted octanol–water partition coefficient (Wildman–Crippen LogP) is -4.98. The van der Waals surface area contributed by atoms with Gasteiger partial charge in [-0.15, -0.1) is 0 Å². The number of rotatable bonds is 17. The van der Waals surface area contributed by atoms with Crippen LogP contribution >= 0.6 is 0 Å². The lowest BCUT2D eigenvalue weighted by atomic mass is 10.1. The van der Waals surface area contributed by atoms with E-state index in [-0.39, 0.29) is 31.8 Å². The molecule has 0 heterocycles. The maximum absolute atomic E-state index is 12.6. The summed E-state index contributed by atoms with van der Waals surface area (Å²) in [5.41, 5.74) is 21.3. The molecule has 0 aromatic carbocycles. The van der Waals surface area contributed by atoms with Gasteiger partial charge in [0, 0.05) is 6.54 Å². The number of aliphatic hydroxyl groups excluding tert-OH is 2. The molecule has 0 bridgehead atoms. The van der Waals surface area contributed by atoms with Crippen LogP contribution in [0.2, 0.25) is 0 Å². The van der Waals surface area contributed by atoms with E-state index < -0.39 is 61.1 Å². The maximum atomic E-state index is 12.6. The Morgan fingerprint density at radius 3 is 1.85 bits per heavy atom. The molecule has 0 aromatic rings. The third-order valence-electron chi connectivity index (χ3n) is 4.49. The summed E-state index contributed by atoms with van der Waals surface area (Å²) in [5, 5.41) is 34.8. The molecule has 15 heteroatoms. The molecule has 4 atom stereocenters. The number of hydrogen-bond donors (Lipinski definition) is 10. The number of nitrogens with zero attached hydrogens (tertiary/aromatic N) is 1. The van der Waals surface area contributed by atoms with Crippen molar-refractivity contribution in [2.24, 2.45) is 27.9 Å². The molecule has 33 heavy (non-hydrogen) atoms. The highest BCUT2D eigenvalue weighted by Crippen LogP contribution is 2.04. The van der Waals surface area contributed by atoms with E-state index >= 15 is 0 Å². The van der Waals surface area contributed by atoms with Crippen LogP contribution in [0, 0.1) is 0 Å². The summed E-state index contributed by atoms with van der Waals surface area (Å²) in [5.74, 6) is -3.97. The molecule has 0 radical (unpaired) electrons. The number of hydrogen-bond acceptors (Lipinski definition) is 9. The number of amides is 3. The van der Waals surface area contributed by atoms with Crippen molar-refractivity contribution >= 4 is 29.7 Å². The molecule has 0 saturated carbocycles. The lowest BCUT2D eigenvalue weighted by Gasteiger charge is -2.24. The largest absolute Gasteiger partial charge is 0.480 e. The van der Waals surface area contributed by atoms with Crippen LogP contribution in [-0.4, -0.2) is 95.4 Å². The minimum Gasteiger partial charge on any atom is -0.480 e. The molecule has 0 fully saturated rings. The highest BCUT2D eigenvalue weighted by molar-refractivity contribution is 5.94. The molecule has 0 saturated heterocycles. The molecule has 0 aliphatic rings. The number of unbranched alkanes of at least 4 members (excludes halogenated alkanes) is 1. The summed E-state index contributed by atoms with van der Waals surface area (Å²) in [4.78, 5) is 52.2. The quantitative estimate of drug-likeness (QED) is 0.0538. The van der Waals surface area contributed by atoms with E-state index in [1.807, 2.05) is 0 Å². The number of carbonyl (C=O) groups is 4. The first-order valence-electron chi connectivity index (χ1n) is 10.4. The standard InChI is InChI=1S/C18H36N8O7/c19-6-2-1-4-11(24-14(29)10(20)8-27)15(30)26-13(9-28)16(31)25-12(17(32)33)5-3-7-23-18(21)22/h10-13,27-28H,1-9,19-20H2,(H,24,29)(H,25,31)(H,26,30)(H,32,33)(H4,21,22,23). The van der Waals surface area contributed by atoms with Crippen molar-refractivity contribution in [1.82, 2.24) is 16.0 Å². The van der Waals surface area contributed by atoms with Gasteiger partial charge in [0.2, 0.25) is 17.7 Å². The number of carboxylic acid groups (broad SMARTS) is 1. The number of aliphatic carboxylic acids is 1. The van der Waals surface area contributed by atoms with Crippen molar-refractivity contribution in [3.05, 3.63) is 0 Å². The topological polar surface area (TPSA) is 282 Å². The molecule has 4 unspecified atom stereocenters. The van der Waals surface area contributed by atoms with E-state index in [4.69, 9.17) is 28.0 Å². The van der Waals surface area contributed by atoms with Gasteiger partial charge < -0.3 is 54.2 Å². The van der Waals surface area contributed by atoms with Crippen LogP contribution in [-0.2, 0) is 19.2 Å². The number of carboxylic acids is 1. The van der Waals surface area contributed by atoms with Gasteiger partial charge in [-0.25, -0.2) is 4.79 Å². The zero-order chi connectivity index (χ0) is 25.4. The van der Waals surface area contributed by atoms with Gasteiger partial charge in [-0.1, -0.05) is 0 Å². The maximum Gasteiger partial charge on any atom is 0.326 e. The first-order valence-corrected chi connectivity index (χ1v) is 10.4. The molecule has 0 aliphatic carbocycles. The van der Waals surface area contributed by atoms with Gasteiger partial charge >= 0.3 is 5.97 Å². The molecule has 0 aliphatic heterocycles. The van der Waals surface area contributed by atoms with Gasteiger partial charge in [0.1, 0.15) is 24.2 Å². The molecule has 190 valence electrons. The Labute approximate surface area is 191 Å². The number of guanidine groups is 1.